The summed E-state index contributed by atoms with van der Waals surface area (Å²) >= 11 is 0. The van der Waals surface area contributed by atoms with Crippen molar-refractivity contribution in [2.75, 3.05) is 12.3 Å². The summed E-state index contributed by atoms with van der Waals surface area (Å²) in [5.41, 5.74) is 7.77. The molecule has 0 aliphatic carbocycles. The van der Waals surface area contributed by atoms with Crippen molar-refractivity contribution < 1.29 is 4.39 Å². The fourth-order valence-corrected chi connectivity index (χ4v) is 1.94. The maximum Gasteiger partial charge on any atom is 0.128 e. The first-order valence-corrected chi connectivity index (χ1v) is 5.91. The van der Waals surface area contributed by atoms with Crippen LogP contribution >= 0.6 is 0 Å². The minimum absolute atomic E-state index is 0.0655. The van der Waals surface area contributed by atoms with Crippen LogP contribution in [0.25, 0.3) is 0 Å². The molecule has 0 aliphatic heterocycles. The molecule has 4 heteroatoms. The average Bonchev–Trinajstić information content (AvgIpc) is 2.38. The van der Waals surface area contributed by atoms with E-state index in [9.17, 15) is 4.39 Å². The number of hydrogen-bond acceptors (Lipinski definition) is 3. The Kier molecular flexibility index (Phi) is 3.89. The fourth-order valence-electron chi connectivity index (χ4n) is 1.94. The second-order valence-electron chi connectivity index (χ2n) is 4.02. The lowest BCUT2D eigenvalue weighted by Gasteiger charge is -2.19. The molecule has 2 aromatic rings. The molecule has 1 atom stereocenters. The highest BCUT2D eigenvalue weighted by Gasteiger charge is 2.15. The van der Waals surface area contributed by atoms with Gasteiger partial charge in [0.25, 0.3) is 0 Å². The monoisotopic (exact) mass is 245 g/mol. The summed E-state index contributed by atoms with van der Waals surface area (Å²) in [6.45, 7) is 2.81. The van der Waals surface area contributed by atoms with Crippen LogP contribution in [0.1, 0.15) is 24.1 Å². The van der Waals surface area contributed by atoms with E-state index in [1.165, 1.54) is 12.1 Å². The number of nitrogen functional groups attached to an aromatic ring is 1. The molecule has 0 fully saturated rings. The molecule has 18 heavy (non-hydrogen) atoms. The zero-order valence-corrected chi connectivity index (χ0v) is 10.2. The summed E-state index contributed by atoms with van der Waals surface area (Å²) < 4.78 is 13.0. The molecule has 0 bridgehead atoms. The van der Waals surface area contributed by atoms with Gasteiger partial charge >= 0.3 is 0 Å². The van der Waals surface area contributed by atoms with Crippen LogP contribution in [0.3, 0.4) is 0 Å². The van der Waals surface area contributed by atoms with E-state index in [0.717, 1.165) is 17.7 Å². The standard InChI is InChI=1S/C14H16FN3/c1-2-17-13(10-5-7-11(15)8-6-10)12-4-3-9-18-14(12)16/h3-9,13,17H,2H2,1H3,(H2,16,18). The van der Waals surface area contributed by atoms with Gasteiger partial charge in [0, 0.05) is 11.8 Å². The molecule has 1 unspecified atom stereocenters. The van der Waals surface area contributed by atoms with Crippen LogP contribution in [-0.4, -0.2) is 11.5 Å². The molecule has 3 nitrogen and oxygen atoms in total. The summed E-state index contributed by atoms with van der Waals surface area (Å²) in [4.78, 5) is 4.09. The highest BCUT2D eigenvalue weighted by Crippen LogP contribution is 2.25. The molecule has 0 aliphatic rings. The first-order valence-electron chi connectivity index (χ1n) is 5.91. The van der Waals surface area contributed by atoms with E-state index < -0.39 is 0 Å². The maximum absolute atomic E-state index is 13.0. The molecule has 94 valence electrons. The molecule has 0 radical (unpaired) electrons. The largest absolute Gasteiger partial charge is 0.383 e. The Morgan fingerprint density at radius 3 is 2.61 bits per heavy atom. The molecule has 1 aromatic heterocycles. The van der Waals surface area contributed by atoms with E-state index in [2.05, 4.69) is 10.3 Å². The van der Waals surface area contributed by atoms with E-state index in [0.29, 0.717) is 5.82 Å². The summed E-state index contributed by atoms with van der Waals surface area (Å²) in [6, 6.07) is 10.1. The van der Waals surface area contributed by atoms with Gasteiger partial charge in [0.05, 0.1) is 6.04 Å². The van der Waals surface area contributed by atoms with E-state index in [1.54, 1.807) is 18.3 Å². The van der Waals surface area contributed by atoms with Crippen LogP contribution in [0, 0.1) is 5.82 Å². The van der Waals surface area contributed by atoms with Gasteiger partial charge in [0.1, 0.15) is 11.6 Å². The number of nitrogens with zero attached hydrogens (tertiary/aromatic N) is 1. The Bertz CT molecular complexity index is 511. The molecule has 1 aromatic carbocycles. The molecule has 0 spiro atoms. The SMILES string of the molecule is CCNC(c1ccc(F)cc1)c1cccnc1N. The number of hydrogen-bond donors (Lipinski definition) is 2. The zero-order valence-electron chi connectivity index (χ0n) is 10.2. The topological polar surface area (TPSA) is 50.9 Å². The zero-order chi connectivity index (χ0) is 13.0. The van der Waals surface area contributed by atoms with Crippen molar-refractivity contribution in [1.82, 2.24) is 10.3 Å². The Balaban J connectivity index is 2.40. The average molecular weight is 245 g/mol. The number of rotatable bonds is 4. The van der Waals surface area contributed by atoms with Crippen molar-refractivity contribution in [3.8, 4) is 0 Å². The van der Waals surface area contributed by atoms with Crippen LogP contribution in [0.15, 0.2) is 42.6 Å². The molecule has 2 rings (SSSR count). The Morgan fingerprint density at radius 2 is 2.00 bits per heavy atom. The van der Waals surface area contributed by atoms with Gasteiger partial charge in [0.2, 0.25) is 0 Å². The number of benzene rings is 1. The van der Waals surface area contributed by atoms with Crippen LogP contribution in [-0.2, 0) is 0 Å². The Hall–Kier alpha value is -1.94. The first kappa shape index (κ1) is 12.5. The number of pyridine rings is 1. The second-order valence-corrected chi connectivity index (χ2v) is 4.02. The minimum atomic E-state index is -0.242. The van der Waals surface area contributed by atoms with E-state index in [-0.39, 0.29) is 11.9 Å². The quantitative estimate of drug-likeness (QED) is 0.870. The maximum atomic E-state index is 13.0. The molecular weight excluding hydrogens is 229 g/mol. The van der Waals surface area contributed by atoms with Gasteiger partial charge in [-0.3, -0.25) is 0 Å². The number of nitrogens with one attached hydrogen (secondary N) is 1. The van der Waals surface area contributed by atoms with E-state index in [1.807, 2.05) is 19.1 Å². The van der Waals surface area contributed by atoms with Gasteiger partial charge < -0.3 is 11.1 Å². The minimum Gasteiger partial charge on any atom is -0.383 e. The first-order chi connectivity index (χ1) is 8.72. The third-order valence-electron chi connectivity index (χ3n) is 2.79. The van der Waals surface area contributed by atoms with Crippen LogP contribution in [0.4, 0.5) is 10.2 Å². The molecule has 0 amide bonds. The molecule has 1 heterocycles. The second kappa shape index (κ2) is 5.60. The number of aromatic nitrogens is 1. The third-order valence-corrected chi connectivity index (χ3v) is 2.79. The third kappa shape index (κ3) is 2.65. The highest BCUT2D eigenvalue weighted by atomic mass is 19.1. The van der Waals surface area contributed by atoms with Gasteiger partial charge in [0.15, 0.2) is 0 Å². The van der Waals surface area contributed by atoms with Gasteiger partial charge in [-0.25, -0.2) is 9.37 Å². The lowest BCUT2D eigenvalue weighted by molar-refractivity contribution is 0.613. The van der Waals surface area contributed by atoms with Crippen molar-refractivity contribution in [2.24, 2.45) is 0 Å². The highest BCUT2D eigenvalue weighted by molar-refractivity contribution is 5.45. The van der Waals surface area contributed by atoms with Crippen LogP contribution in [0.5, 0.6) is 0 Å². The van der Waals surface area contributed by atoms with E-state index in [4.69, 9.17) is 5.73 Å². The number of nitrogens with two attached hydrogens (primary N) is 1. The van der Waals surface area contributed by atoms with Gasteiger partial charge in [-0.05, 0) is 30.3 Å². The van der Waals surface area contributed by atoms with E-state index >= 15 is 0 Å². The predicted octanol–water partition coefficient (Wildman–Crippen LogP) is 2.50. The molecular formula is C14H16FN3. The van der Waals surface area contributed by atoms with Crippen molar-refractivity contribution in [1.29, 1.82) is 0 Å². The Labute approximate surface area is 106 Å². The number of halogens is 1. The van der Waals surface area contributed by atoms with Gasteiger partial charge in [-0.1, -0.05) is 25.1 Å². The van der Waals surface area contributed by atoms with Crippen molar-refractivity contribution >= 4 is 5.82 Å². The number of anilines is 1. The molecule has 0 saturated carbocycles. The van der Waals surface area contributed by atoms with Gasteiger partial charge in [-0.15, -0.1) is 0 Å². The fraction of sp³-hybridized carbons (Fsp3) is 0.214. The molecule has 0 saturated heterocycles. The smallest absolute Gasteiger partial charge is 0.128 e. The van der Waals surface area contributed by atoms with Crippen molar-refractivity contribution in [3.63, 3.8) is 0 Å². The Morgan fingerprint density at radius 1 is 1.28 bits per heavy atom. The van der Waals surface area contributed by atoms with Crippen molar-refractivity contribution in [2.45, 2.75) is 13.0 Å². The lowest BCUT2D eigenvalue weighted by Crippen LogP contribution is -2.23. The summed E-state index contributed by atoms with van der Waals surface area (Å²) in [5, 5.41) is 3.33. The van der Waals surface area contributed by atoms with Crippen molar-refractivity contribution in [3.05, 3.63) is 59.5 Å². The summed E-state index contributed by atoms with van der Waals surface area (Å²) in [6.07, 6.45) is 1.66. The lowest BCUT2D eigenvalue weighted by atomic mass is 9.99. The summed E-state index contributed by atoms with van der Waals surface area (Å²) in [5.74, 6) is 0.251. The van der Waals surface area contributed by atoms with Gasteiger partial charge in [-0.2, -0.15) is 0 Å². The van der Waals surface area contributed by atoms with Crippen LogP contribution in [0.2, 0.25) is 0 Å². The predicted molar refractivity (Wildman–Crippen MR) is 70.6 cm³/mol. The molecule has 3 N–H and O–H groups in total. The van der Waals surface area contributed by atoms with Crippen LogP contribution < -0.4 is 11.1 Å². The normalized spacial score (nSPS) is 12.3. The summed E-state index contributed by atoms with van der Waals surface area (Å²) in [7, 11) is 0.